The summed E-state index contributed by atoms with van der Waals surface area (Å²) < 4.78 is 19.8. The van der Waals surface area contributed by atoms with Crippen LogP contribution in [0.15, 0.2) is 48.5 Å². The maximum absolute atomic E-state index is 13.8. The van der Waals surface area contributed by atoms with Gasteiger partial charge in [0.25, 0.3) is 0 Å². The molecule has 1 aliphatic rings. The number of nitrogens with one attached hydrogen (secondary N) is 1. The van der Waals surface area contributed by atoms with E-state index in [2.05, 4.69) is 5.32 Å². The Labute approximate surface area is 112 Å². The van der Waals surface area contributed by atoms with Crippen LogP contribution < -0.4 is 10.1 Å². The van der Waals surface area contributed by atoms with E-state index in [1.165, 1.54) is 6.07 Å². The van der Waals surface area contributed by atoms with Crippen LogP contribution in [0.1, 0.15) is 23.7 Å². The molecule has 2 nitrogen and oxygen atoms in total. The van der Waals surface area contributed by atoms with Gasteiger partial charge >= 0.3 is 0 Å². The molecule has 1 N–H and O–H groups in total. The molecule has 0 aromatic heterocycles. The molecule has 3 heteroatoms. The van der Waals surface area contributed by atoms with Gasteiger partial charge in [0, 0.05) is 18.5 Å². The van der Waals surface area contributed by atoms with Gasteiger partial charge in [-0.1, -0.05) is 36.4 Å². The molecular formula is C16H16FNO. The standard InChI is InChI=1S/C16H16FNO/c17-14-7-4-8-16-13(14)11-18-10-9-15(19-16)12-5-2-1-3-6-12/h1-8,15,18H,9-11H2. The lowest BCUT2D eigenvalue weighted by Gasteiger charge is -2.24. The minimum atomic E-state index is -0.210. The van der Waals surface area contributed by atoms with E-state index in [1.54, 1.807) is 6.07 Å². The fraction of sp³-hybridized carbons (Fsp3) is 0.250. The van der Waals surface area contributed by atoms with Crippen LogP contribution in [0.2, 0.25) is 0 Å². The van der Waals surface area contributed by atoms with Crippen LogP contribution in [0, 0.1) is 5.82 Å². The van der Waals surface area contributed by atoms with E-state index < -0.39 is 0 Å². The van der Waals surface area contributed by atoms with Gasteiger partial charge in [-0.25, -0.2) is 4.39 Å². The largest absolute Gasteiger partial charge is 0.485 e. The molecule has 19 heavy (non-hydrogen) atoms. The molecule has 2 aromatic rings. The molecule has 1 aliphatic heterocycles. The molecule has 1 heterocycles. The molecule has 0 amide bonds. The van der Waals surface area contributed by atoms with Crippen molar-refractivity contribution in [1.82, 2.24) is 5.32 Å². The van der Waals surface area contributed by atoms with E-state index in [0.717, 1.165) is 18.5 Å². The Morgan fingerprint density at radius 3 is 2.74 bits per heavy atom. The summed E-state index contributed by atoms with van der Waals surface area (Å²) >= 11 is 0. The van der Waals surface area contributed by atoms with E-state index in [4.69, 9.17) is 4.74 Å². The summed E-state index contributed by atoms with van der Waals surface area (Å²) in [6.45, 7) is 1.33. The lowest BCUT2D eigenvalue weighted by molar-refractivity contribution is 0.184. The van der Waals surface area contributed by atoms with Crippen molar-refractivity contribution < 1.29 is 9.13 Å². The molecule has 98 valence electrons. The lowest BCUT2D eigenvalue weighted by Crippen LogP contribution is -2.24. The van der Waals surface area contributed by atoms with Crippen molar-refractivity contribution >= 4 is 0 Å². The van der Waals surface area contributed by atoms with Crippen LogP contribution in [-0.4, -0.2) is 6.54 Å². The SMILES string of the molecule is Fc1cccc2c1CNCCC(c1ccccc1)O2. The summed E-state index contributed by atoms with van der Waals surface area (Å²) in [5, 5.41) is 3.26. The Morgan fingerprint density at radius 1 is 1.05 bits per heavy atom. The van der Waals surface area contributed by atoms with Gasteiger partial charge in [-0.05, 0) is 24.2 Å². The van der Waals surface area contributed by atoms with Crippen molar-refractivity contribution in [2.75, 3.05) is 6.54 Å². The normalized spacial score (nSPS) is 18.9. The average molecular weight is 257 g/mol. The smallest absolute Gasteiger partial charge is 0.131 e. The van der Waals surface area contributed by atoms with Gasteiger partial charge in [0.2, 0.25) is 0 Å². The second kappa shape index (κ2) is 5.41. The average Bonchev–Trinajstić information content (AvgIpc) is 2.41. The second-order valence-corrected chi connectivity index (χ2v) is 4.70. The second-order valence-electron chi connectivity index (χ2n) is 4.70. The van der Waals surface area contributed by atoms with Gasteiger partial charge in [-0.3, -0.25) is 0 Å². The Bertz CT molecular complexity index is 556. The van der Waals surface area contributed by atoms with E-state index in [-0.39, 0.29) is 11.9 Å². The van der Waals surface area contributed by atoms with Crippen LogP contribution in [0.3, 0.4) is 0 Å². The lowest BCUT2D eigenvalue weighted by atomic mass is 10.0. The number of hydrogen-bond acceptors (Lipinski definition) is 2. The summed E-state index contributed by atoms with van der Waals surface area (Å²) in [5.74, 6) is 0.430. The van der Waals surface area contributed by atoms with Gasteiger partial charge < -0.3 is 10.1 Å². The van der Waals surface area contributed by atoms with Crippen LogP contribution in [0.25, 0.3) is 0 Å². The van der Waals surface area contributed by atoms with Crippen LogP contribution in [0.4, 0.5) is 4.39 Å². The van der Waals surface area contributed by atoms with Crippen LogP contribution in [-0.2, 0) is 6.54 Å². The van der Waals surface area contributed by atoms with E-state index in [9.17, 15) is 4.39 Å². The number of halogens is 1. The zero-order valence-electron chi connectivity index (χ0n) is 10.6. The minimum absolute atomic E-state index is 0.0328. The number of ether oxygens (including phenoxy) is 1. The third-order valence-corrected chi connectivity index (χ3v) is 3.40. The summed E-state index contributed by atoms with van der Waals surface area (Å²) in [7, 11) is 0. The van der Waals surface area contributed by atoms with Crippen molar-refractivity contribution in [3.8, 4) is 5.75 Å². The molecular weight excluding hydrogens is 241 g/mol. The molecule has 0 aliphatic carbocycles. The predicted molar refractivity (Wildman–Crippen MR) is 72.5 cm³/mol. The maximum atomic E-state index is 13.8. The van der Waals surface area contributed by atoms with Crippen molar-refractivity contribution in [2.45, 2.75) is 19.1 Å². The Balaban J connectivity index is 1.94. The highest BCUT2D eigenvalue weighted by molar-refractivity contribution is 5.36. The molecule has 0 radical (unpaired) electrons. The molecule has 0 spiro atoms. The molecule has 1 unspecified atom stereocenters. The van der Waals surface area contributed by atoms with Crippen LogP contribution >= 0.6 is 0 Å². The first-order valence-corrected chi connectivity index (χ1v) is 6.54. The number of benzene rings is 2. The van der Waals surface area contributed by atoms with Gasteiger partial charge in [0.05, 0.1) is 0 Å². The highest BCUT2D eigenvalue weighted by Crippen LogP contribution is 2.30. The highest BCUT2D eigenvalue weighted by atomic mass is 19.1. The van der Waals surface area contributed by atoms with E-state index >= 15 is 0 Å². The van der Waals surface area contributed by atoms with Gasteiger partial charge in [0.1, 0.15) is 17.7 Å². The summed E-state index contributed by atoms with van der Waals surface area (Å²) in [6.07, 6.45) is 0.842. The summed E-state index contributed by atoms with van der Waals surface area (Å²) in [4.78, 5) is 0. The maximum Gasteiger partial charge on any atom is 0.131 e. The summed E-state index contributed by atoms with van der Waals surface area (Å²) in [6, 6.07) is 15.1. The molecule has 1 atom stereocenters. The zero-order chi connectivity index (χ0) is 13.1. The number of rotatable bonds is 1. The van der Waals surface area contributed by atoms with Gasteiger partial charge in [-0.15, -0.1) is 0 Å². The Kier molecular flexibility index (Phi) is 3.47. The Hall–Kier alpha value is -1.87. The third-order valence-electron chi connectivity index (χ3n) is 3.40. The fourth-order valence-electron chi connectivity index (χ4n) is 2.38. The summed E-state index contributed by atoms with van der Waals surface area (Å²) in [5.41, 5.74) is 1.74. The number of fused-ring (bicyclic) bond motifs is 1. The zero-order valence-corrected chi connectivity index (χ0v) is 10.6. The van der Waals surface area contributed by atoms with E-state index in [1.807, 2.05) is 36.4 Å². The molecule has 0 fully saturated rings. The van der Waals surface area contributed by atoms with Crippen molar-refractivity contribution in [2.24, 2.45) is 0 Å². The Morgan fingerprint density at radius 2 is 1.89 bits per heavy atom. The predicted octanol–water partition coefficient (Wildman–Crippen LogP) is 3.44. The van der Waals surface area contributed by atoms with Gasteiger partial charge in [0.15, 0.2) is 0 Å². The molecule has 0 bridgehead atoms. The first-order valence-electron chi connectivity index (χ1n) is 6.54. The number of hydrogen-bond donors (Lipinski definition) is 1. The van der Waals surface area contributed by atoms with Crippen LogP contribution in [0.5, 0.6) is 5.75 Å². The highest BCUT2D eigenvalue weighted by Gasteiger charge is 2.19. The van der Waals surface area contributed by atoms with Crippen molar-refractivity contribution in [3.05, 3.63) is 65.5 Å². The molecule has 0 saturated heterocycles. The van der Waals surface area contributed by atoms with Crippen molar-refractivity contribution in [1.29, 1.82) is 0 Å². The monoisotopic (exact) mass is 257 g/mol. The minimum Gasteiger partial charge on any atom is -0.485 e. The topological polar surface area (TPSA) is 21.3 Å². The fourth-order valence-corrected chi connectivity index (χ4v) is 2.38. The van der Waals surface area contributed by atoms with E-state index in [0.29, 0.717) is 17.9 Å². The third kappa shape index (κ3) is 2.61. The molecule has 2 aromatic carbocycles. The quantitative estimate of drug-likeness (QED) is 0.845. The first-order chi connectivity index (χ1) is 9.34. The van der Waals surface area contributed by atoms with Gasteiger partial charge in [-0.2, -0.15) is 0 Å². The molecule has 3 rings (SSSR count). The molecule has 0 saturated carbocycles. The van der Waals surface area contributed by atoms with Crippen molar-refractivity contribution in [3.63, 3.8) is 0 Å². The first kappa shape index (κ1) is 12.2.